The zero-order valence-electron chi connectivity index (χ0n) is 35.7. The van der Waals surface area contributed by atoms with Crippen LogP contribution in [-0.4, -0.2) is 96.0 Å². The van der Waals surface area contributed by atoms with Crippen molar-refractivity contribution in [1.29, 1.82) is 0 Å². The van der Waals surface area contributed by atoms with Gasteiger partial charge in [-0.1, -0.05) is 140 Å². The summed E-state index contributed by atoms with van der Waals surface area (Å²) in [4.78, 5) is 25.4. The van der Waals surface area contributed by atoms with Crippen LogP contribution in [-0.2, 0) is 38.7 Å². The minimum absolute atomic E-state index is 0.148. The Morgan fingerprint density at radius 2 is 1.12 bits per heavy atom. The maximum absolute atomic E-state index is 12.8. The van der Waals surface area contributed by atoms with Crippen molar-refractivity contribution in [3.63, 3.8) is 0 Å². The predicted octanol–water partition coefficient (Wildman–Crippen LogP) is 9.00. The lowest BCUT2D eigenvalue weighted by Gasteiger charge is -2.40. The summed E-state index contributed by atoms with van der Waals surface area (Å²) >= 11 is 0. The monoisotopic (exact) mass is 845 g/mol. The van der Waals surface area contributed by atoms with Gasteiger partial charge in [0.05, 0.1) is 6.61 Å². The third-order valence-electron chi connectivity index (χ3n) is 10.3. The molecule has 0 radical (unpaired) electrons. The Balaban J connectivity index is 2.45. The lowest BCUT2D eigenvalue weighted by molar-refractivity contribution is -0.297. The van der Waals surface area contributed by atoms with E-state index in [0.29, 0.717) is 12.8 Å². The first-order chi connectivity index (χ1) is 28.0. The van der Waals surface area contributed by atoms with E-state index in [2.05, 4.69) is 37.8 Å². The maximum Gasteiger partial charge on any atom is 0.306 e. The summed E-state index contributed by atoms with van der Waals surface area (Å²) < 4.78 is 54.0. The standard InChI is InChI=1S/C45H80O12S/c1-3-5-7-9-11-13-15-17-19-21-23-25-27-29-31-33-40(46)54-35-38(36-55-45-44(50)43(49)42(48)39(57-45)37-58(51,52)53)56-41(47)34-32-30-28-26-24-22-20-18-16-14-12-10-8-6-4-2/h3,12,14,18,20,38-39,42-45,48-50H,1,4-11,13,15-17,19,21-37H2,2H3,(H,51,52,53)/b14-12+,20-18+/t38-,39-,42-,43?,44?,45+/m1/s1. The molecule has 1 fully saturated rings. The molecule has 0 aromatic carbocycles. The van der Waals surface area contributed by atoms with E-state index in [1.54, 1.807) is 0 Å². The number of carbonyl (C=O) groups excluding carboxylic acids is 2. The summed E-state index contributed by atoms with van der Waals surface area (Å²) in [5.74, 6) is -2.00. The average molecular weight is 845 g/mol. The molecule has 0 amide bonds. The van der Waals surface area contributed by atoms with E-state index in [-0.39, 0.29) is 19.4 Å². The van der Waals surface area contributed by atoms with Crippen molar-refractivity contribution >= 4 is 22.1 Å². The number of aliphatic hydroxyl groups is 3. The first-order valence-electron chi connectivity index (χ1n) is 22.5. The molecule has 0 aromatic heterocycles. The van der Waals surface area contributed by atoms with E-state index in [4.69, 9.17) is 18.9 Å². The molecule has 1 aliphatic rings. The van der Waals surface area contributed by atoms with Crippen molar-refractivity contribution in [2.75, 3.05) is 19.0 Å². The van der Waals surface area contributed by atoms with Crippen molar-refractivity contribution in [3.05, 3.63) is 37.0 Å². The van der Waals surface area contributed by atoms with Gasteiger partial charge in [-0.3, -0.25) is 14.1 Å². The van der Waals surface area contributed by atoms with E-state index in [1.807, 2.05) is 6.08 Å². The molecule has 1 aliphatic heterocycles. The zero-order valence-corrected chi connectivity index (χ0v) is 36.6. The van der Waals surface area contributed by atoms with E-state index >= 15 is 0 Å². The topological polar surface area (TPSA) is 186 Å². The highest BCUT2D eigenvalue weighted by Crippen LogP contribution is 2.24. The first-order valence-corrected chi connectivity index (χ1v) is 24.1. The van der Waals surface area contributed by atoms with Gasteiger partial charge < -0.3 is 34.3 Å². The predicted molar refractivity (Wildman–Crippen MR) is 229 cm³/mol. The van der Waals surface area contributed by atoms with Crippen molar-refractivity contribution in [2.24, 2.45) is 0 Å². The van der Waals surface area contributed by atoms with Crippen LogP contribution < -0.4 is 0 Å². The second-order valence-electron chi connectivity index (χ2n) is 15.8. The number of hydrogen-bond acceptors (Lipinski definition) is 11. The fourth-order valence-electron chi connectivity index (χ4n) is 6.80. The van der Waals surface area contributed by atoms with E-state index in [0.717, 1.165) is 70.6 Å². The van der Waals surface area contributed by atoms with Crippen LogP contribution in [0.25, 0.3) is 0 Å². The molecule has 0 spiro atoms. The molecule has 0 aromatic rings. The van der Waals surface area contributed by atoms with Gasteiger partial charge >= 0.3 is 11.9 Å². The number of hydrogen-bond donors (Lipinski definition) is 4. The van der Waals surface area contributed by atoms with Crippen molar-refractivity contribution in [2.45, 2.75) is 217 Å². The Hall–Kier alpha value is -2.13. The van der Waals surface area contributed by atoms with Gasteiger partial charge in [0.2, 0.25) is 0 Å². The minimum Gasteiger partial charge on any atom is -0.462 e. The van der Waals surface area contributed by atoms with Crippen LogP contribution in [0.15, 0.2) is 37.0 Å². The summed E-state index contributed by atoms with van der Waals surface area (Å²) in [6, 6.07) is 0. The van der Waals surface area contributed by atoms with Crippen LogP contribution >= 0.6 is 0 Å². The molecule has 12 nitrogen and oxygen atoms in total. The van der Waals surface area contributed by atoms with Crippen LogP contribution in [0.2, 0.25) is 0 Å². The van der Waals surface area contributed by atoms with Crippen LogP contribution in [0.5, 0.6) is 0 Å². The van der Waals surface area contributed by atoms with Gasteiger partial charge in [0.15, 0.2) is 12.4 Å². The molecule has 1 rings (SSSR count). The van der Waals surface area contributed by atoms with Crippen molar-refractivity contribution < 1.29 is 56.8 Å². The molecule has 0 saturated carbocycles. The summed E-state index contributed by atoms with van der Waals surface area (Å²) in [5, 5.41) is 30.9. The lowest BCUT2D eigenvalue weighted by Crippen LogP contribution is -2.60. The second kappa shape index (κ2) is 35.6. The second-order valence-corrected chi connectivity index (χ2v) is 17.3. The Labute approximate surface area is 351 Å². The number of aliphatic hydroxyl groups excluding tert-OH is 3. The maximum atomic E-state index is 12.8. The van der Waals surface area contributed by atoms with E-state index in [9.17, 15) is 37.9 Å². The van der Waals surface area contributed by atoms with E-state index < -0.39 is 71.2 Å². The molecule has 0 aliphatic carbocycles. The van der Waals surface area contributed by atoms with Crippen LogP contribution in [0.3, 0.4) is 0 Å². The van der Waals surface area contributed by atoms with Crippen molar-refractivity contribution in [3.8, 4) is 0 Å². The normalized spacial score (nSPS) is 20.5. The highest BCUT2D eigenvalue weighted by molar-refractivity contribution is 7.85. The highest BCUT2D eigenvalue weighted by Gasteiger charge is 2.46. The highest BCUT2D eigenvalue weighted by atomic mass is 32.2. The Bertz CT molecular complexity index is 1210. The zero-order chi connectivity index (χ0) is 42.7. The summed E-state index contributed by atoms with van der Waals surface area (Å²) in [6.45, 7) is 5.24. The summed E-state index contributed by atoms with van der Waals surface area (Å²) in [5.41, 5.74) is 0. The number of carbonyl (C=O) groups is 2. The first kappa shape index (κ1) is 53.9. The fourth-order valence-corrected chi connectivity index (χ4v) is 7.49. The SMILES string of the molecule is C=CCCCCCCCCCCCCCCCC(=O)OC[C@H](CO[C@H]1O[C@H](CS(=O)(=O)O)[C@@H](O)C(O)C1O)OC(=O)CCCCCCC/C=C/C/C=C/CCCCC. The Kier molecular flexibility index (Phi) is 33.1. The fraction of sp³-hybridized carbons (Fsp3) is 0.822. The van der Waals surface area contributed by atoms with Gasteiger partial charge in [0.25, 0.3) is 10.1 Å². The third kappa shape index (κ3) is 30.0. The van der Waals surface area contributed by atoms with Crippen LogP contribution in [0.1, 0.15) is 180 Å². The van der Waals surface area contributed by atoms with Crippen LogP contribution in [0, 0.1) is 0 Å². The molecule has 0 bridgehead atoms. The summed E-state index contributed by atoms with van der Waals surface area (Å²) in [7, 11) is -4.60. The lowest BCUT2D eigenvalue weighted by atomic mass is 10.00. The number of rotatable bonds is 38. The number of unbranched alkanes of at least 4 members (excludes halogenated alkanes) is 21. The van der Waals surface area contributed by atoms with Crippen LogP contribution in [0.4, 0.5) is 0 Å². The number of allylic oxidation sites excluding steroid dienone is 5. The van der Waals surface area contributed by atoms with Gasteiger partial charge in [-0.15, -0.1) is 6.58 Å². The van der Waals surface area contributed by atoms with Gasteiger partial charge in [-0.2, -0.15) is 8.42 Å². The van der Waals surface area contributed by atoms with Gasteiger partial charge in [0, 0.05) is 12.8 Å². The molecule has 1 saturated heterocycles. The largest absolute Gasteiger partial charge is 0.462 e. The molecule has 13 heteroatoms. The average Bonchev–Trinajstić information content (AvgIpc) is 3.18. The Morgan fingerprint density at radius 3 is 1.64 bits per heavy atom. The molecule has 4 N–H and O–H groups in total. The smallest absolute Gasteiger partial charge is 0.306 e. The quantitative estimate of drug-likeness (QED) is 0.0200. The molecular weight excluding hydrogens is 765 g/mol. The van der Waals surface area contributed by atoms with Gasteiger partial charge in [-0.25, -0.2) is 0 Å². The molecule has 6 atom stereocenters. The molecule has 1 heterocycles. The molecule has 338 valence electrons. The number of ether oxygens (including phenoxy) is 4. The Morgan fingerprint density at radius 1 is 0.638 bits per heavy atom. The molecule has 2 unspecified atom stereocenters. The van der Waals surface area contributed by atoms with E-state index in [1.165, 1.54) is 77.0 Å². The van der Waals surface area contributed by atoms with Crippen molar-refractivity contribution in [1.82, 2.24) is 0 Å². The molecular formula is C45H80O12S. The number of esters is 2. The van der Waals surface area contributed by atoms with Gasteiger partial charge in [0.1, 0.15) is 36.8 Å². The van der Waals surface area contributed by atoms with Gasteiger partial charge in [-0.05, 0) is 57.8 Å². The summed E-state index contributed by atoms with van der Waals surface area (Å²) in [6.07, 6.45) is 29.3. The minimum atomic E-state index is -4.60. The molecule has 58 heavy (non-hydrogen) atoms. The third-order valence-corrected chi connectivity index (χ3v) is 11.1.